The van der Waals surface area contributed by atoms with E-state index >= 15 is 0 Å². The third-order valence-electron chi connectivity index (χ3n) is 3.42. The van der Waals surface area contributed by atoms with Crippen molar-refractivity contribution < 1.29 is 4.79 Å². The highest BCUT2D eigenvalue weighted by Gasteiger charge is 2.22. The molecule has 0 aliphatic carbocycles. The maximum atomic E-state index is 11.6. The second-order valence-corrected chi connectivity index (χ2v) is 4.56. The van der Waals surface area contributed by atoms with Crippen LogP contribution in [0.2, 0.25) is 0 Å². The number of benzene rings is 1. The van der Waals surface area contributed by atoms with Crippen molar-refractivity contribution in [2.75, 3.05) is 0 Å². The highest BCUT2D eigenvalue weighted by Crippen LogP contribution is 2.25. The third-order valence-corrected chi connectivity index (χ3v) is 3.42. The number of imidazole rings is 1. The number of carbonyl (C=O) groups excluding carboxylic acids is 1. The number of hydrazine groups is 1. The van der Waals surface area contributed by atoms with Gasteiger partial charge in [-0.3, -0.25) is 10.2 Å². The SMILES string of the molecule is CC(C(=O)NN)C(C)n1ccnc1-c1ccccc1. The molecule has 0 saturated heterocycles. The van der Waals surface area contributed by atoms with Gasteiger partial charge < -0.3 is 4.57 Å². The molecule has 1 heterocycles. The molecule has 0 saturated carbocycles. The van der Waals surface area contributed by atoms with Crippen LogP contribution in [0.5, 0.6) is 0 Å². The van der Waals surface area contributed by atoms with Gasteiger partial charge in [0.2, 0.25) is 5.91 Å². The van der Waals surface area contributed by atoms with Gasteiger partial charge in [-0.2, -0.15) is 0 Å². The molecule has 5 heteroatoms. The van der Waals surface area contributed by atoms with E-state index in [9.17, 15) is 4.79 Å². The standard InChI is InChI=1S/C14H18N4O/c1-10(14(19)17-15)11(2)18-9-8-16-13(18)12-6-4-3-5-7-12/h3-11H,15H2,1-2H3,(H,17,19). The molecule has 1 aromatic heterocycles. The molecule has 0 radical (unpaired) electrons. The fraction of sp³-hybridized carbons (Fsp3) is 0.286. The Labute approximate surface area is 112 Å². The Morgan fingerprint density at radius 2 is 2.00 bits per heavy atom. The van der Waals surface area contributed by atoms with Gasteiger partial charge in [0.1, 0.15) is 5.82 Å². The lowest BCUT2D eigenvalue weighted by atomic mass is 10.0. The number of carbonyl (C=O) groups is 1. The predicted octanol–water partition coefficient (Wildman–Crippen LogP) is 1.74. The van der Waals surface area contributed by atoms with E-state index in [-0.39, 0.29) is 17.9 Å². The quantitative estimate of drug-likeness (QED) is 0.498. The summed E-state index contributed by atoms with van der Waals surface area (Å²) < 4.78 is 2.00. The van der Waals surface area contributed by atoms with Gasteiger partial charge in [-0.15, -0.1) is 0 Å². The second kappa shape index (κ2) is 5.67. The van der Waals surface area contributed by atoms with Gasteiger partial charge in [-0.05, 0) is 6.92 Å². The Hall–Kier alpha value is -2.14. The van der Waals surface area contributed by atoms with E-state index < -0.39 is 0 Å². The van der Waals surface area contributed by atoms with Gasteiger partial charge in [-0.1, -0.05) is 37.3 Å². The average molecular weight is 258 g/mol. The molecule has 0 fully saturated rings. The summed E-state index contributed by atoms with van der Waals surface area (Å²) in [6, 6.07) is 9.87. The molecule has 0 spiro atoms. The number of aromatic nitrogens is 2. The number of nitrogens with one attached hydrogen (secondary N) is 1. The lowest BCUT2D eigenvalue weighted by Crippen LogP contribution is -2.37. The Morgan fingerprint density at radius 3 is 2.63 bits per heavy atom. The zero-order chi connectivity index (χ0) is 13.8. The van der Waals surface area contributed by atoms with Crippen LogP contribution in [0.15, 0.2) is 42.7 Å². The molecule has 2 unspecified atom stereocenters. The lowest BCUT2D eigenvalue weighted by Gasteiger charge is -2.21. The van der Waals surface area contributed by atoms with Crippen LogP contribution in [-0.4, -0.2) is 15.5 Å². The average Bonchev–Trinajstić information content (AvgIpc) is 2.95. The van der Waals surface area contributed by atoms with Crippen LogP contribution in [-0.2, 0) is 4.79 Å². The first-order chi connectivity index (χ1) is 9.15. The lowest BCUT2D eigenvalue weighted by molar-refractivity contribution is -0.125. The van der Waals surface area contributed by atoms with Gasteiger partial charge in [0.25, 0.3) is 0 Å². The Morgan fingerprint density at radius 1 is 1.32 bits per heavy atom. The summed E-state index contributed by atoms with van der Waals surface area (Å²) in [4.78, 5) is 16.0. The van der Waals surface area contributed by atoms with Crippen molar-refractivity contribution in [2.45, 2.75) is 19.9 Å². The predicted molar refractivity (Wildman–Crippen MR) is 73.9 cm³/mol. The third kappa shape index (κ3) is 2.66. The Bertz CT molecular complexity index is 550. The first-order valence-corrected chi connectivity index (χ1v) is 6.24. The molecular formula is C14H18N4O. The molecule has 1 aromatic carbocycles. The van der Waals surface area contributed by atoms with Gasteiger partial charge in [0.05, 0.1) is 5.92 Å². The minimum atomic E-state index is -0.235. The van der Waals surface area contributed by atoms with Crippen molar-refractivity contribution in [1.82, 2.24) is 15.0 Å². The Balaban J connectivity index is 2.32. The van der Waals surface area contributed by atoms with Crippen LogP contribution in [0.1, 0.15) is 19.9 Å². The van der Waals surface area contributed by atoms with Crippen LogP contribution in [0.3, 0.4) is 0 Å². The smallest absolute Gasteiger partial charge is 0.238 e. The van der Waals surface area contributed by atoms with E-state index in [1.807, 2.05) is 54.9 Å². The number of rotatable bonds is 4. The normalized spacial score (nSPS) is 13.8. The molecule has 0 bridgehead atoms. The molecule has 2 rings (SSSR count). The minimum absolute atomic E-state index is 0.0266. The molecule has 3 N–H and O–H groups in total. The van der Waals surface area contributed by atoms with Crippen LogP contribution < -0.4 is 11.3 Å². The number of hydrogen-bond donors (Lipinski definition) is 2. The molecule has 100 valence electrons. The van der Waals surface area contributed by atoms with Gasteiger partial charge in [0.15, 0.2) is 0 Å². The number of hydrogen-bond acceptors (Lipinski definition) is 3. The first-order valence-electron chi connectivity index (χ1n) is 6.24. The van der Waals surface area contributed by atoms with Crippen molar-refractivity contribution >= 4 is 5.91 Å². The molecular weight excluding hydrogens is 240 g/mol. The molecule has 1 amide bonds. The highest BCUT2D eigenvalue weighted by molar-refractivity contribution is 5.78. The largest absolute Gasteiger partial charge is 0.327 e. The summed E-state index contributed by atoms with van der Waals surface area (Å²) >= 11 is 0. The fourth-order valence-electron chi connectivity index (χ4n) is 2.04. The van der Waals surface area contributed by atoms with E-state index in [4.69, 9.17) is 5.84 Å². The summed E-state index contributed by atoms with van der Waals surface area (Å²) in [5, 5.41) is 0. The van der Waals surface area contributed by atoms with Gasteiger partial charge in [-0.25, -0.2) is 10.8 Å². The topological polar surface area (TPSA) is 72.9 Å². The van der Waals surface area contributed by atoms with Crippen molar-refractivity contribution in [3.05, 3.63) is 42.7 Å². The van der Waals surface area contributed by atoms with E-state index in [0.717, 1.165) is 11.4 Å². The minimum Gasteiger partial charge on any atom is -0.327 e. The van der Waals surface area contributed by atoms with Crippen LogP contribution in [0, 0.1) is 5.92 Å². The zero-order valence-electron chi connectivity index (χ0n) is 11.1. The molecule has 0 aliphatic heterocycles. The van der Waals surface area contributed by atoms with Crippen molar-refractivity contribution in [3.8, 4) is 11.4 Å². The van der Waals surface area contributed by atoms with Crippen molar-refractivity contribution in [1.29, 1.82) is 0 Å². The van der Waals surface area contributed by atoms with Crippen molar-refractivity contribution in [3.63, 3.8) is 0 Å². The maximum absolute atomic E-state index is 11.6. The van der Waals surface area contributed by atoms with Crippen molar-refractivity contribution in [2.24, 2.45) is 11.8 Å². The summed E-state index contributed by atoms with van der Waals surface area (Å²) in [6.45, 7) is 3.83. The summed E-state index contributed by atoms with van der Waals surface area (Å²) in [5.74, 6) is 5.63. The Kier molecular flexibility index (Phi) is 3.97. The highest BCUT2D eigenvalue weighted by atomic mass is 16.2. The first kappa shape index (κ1) is 13.3. The fourth-order valence-corrected chi connectivity index (χ4v) is 2.04. The van der Waals surface area contributed by atoms with E-state index in [1.54, 1.807) is 6.20 Å². The second-order valence-electron chi connectivity index (χ2n) is 4.56. The number of nitrogens with two attached hydrogens (primary N) is 1. The summed E-state index contributed by atoms with van der Waals surface area (Å²) in [7, 11) is 0. The molecule has 5 nitrogen and oxygen atoms in total. The maximum Gasteiger partial charge on any atom is 0.238 e. The van der Waals surface area contributed by atoms with Crippen LogP contribution >= 0.6 is 0 Å². The number of amides is 1. The summed E-state index contributed by atoms with van der Waals surface area (Å²) in [5.41, 5.74) is 3.22. The zero-order valence-corrected chi connectivity index (χ0v) is 11.1. The van der Waals surface area contributed by atoms with Gasteiger partial charge >= 0.3 is 0 Å². The summed E-state index contributed by atoms with van der Waals surface area (Å²) in [6.07, 6.45) is 3.62. The molecule has 0 aliphatic rings. The molecule has 2 atom stereocenters. The molecule has 19 heavy (non-hydrogen) atoms. The monoisotopic (exact) mass is 258 g/mol. The van der Waals surface area contributed by atoms with Gasteiger partial charge in [0, 0.05) is 24.0 Å². The van der Waals surface area contributed by atoms with Crippen LogP contribution in [0.25, 0.3) is 11.4 Å². The van der Waals surface area contributed by atoms with E-state index in [1.165, 1.54) is 0 Å². The molecule has 2 aromatic rings. The van der Waals surface area contributed by atoms with E-state index in [2.05, 4.69) is 10.4 Å². The van der Waals surface area contributed by atoms with Crippen LogP contribution in [0.4, 0.5) is 0 Å². The number of nitrogens with zero attached hydrogens (tertiary/aromatic N) is 2. The van der Waals surface area contributed by atoms with E-state index in [0.29, 0.717) is 0 Å².